The molecule has 1 heterocycles. The third kappa shape index (κ3) is 2.20. The minimum absolute atomic E-state index is 0.111. The van der Waals surface area contributed by atoms with Crippen LogP contribution < -0.4 is 22.7 Å². The summed E-state index contributed by atoms with van der Waals surface area (Å²) in [6.45, 7) is 0. The Morgan fingerprint density at radius 3 is 2.15 bits per heavy atom. The smallest absolute Gasteiger partial charge is 0.330 e. The molecule has 2 rings (SSSR count). The Bertz CT molecular complexity index is 797. The number of carbonyl (C=O) groups is 1. The van der Waals surface area contributed by atoms with Crippen LogP contribution in [0.15, 0.2) is 34.0 Å². The number of aromatic nitrogens is 2. The number of hydrogen-bond acceptors (Lipinski definition) is 5. The lowest BCUT2D eigenvalue weighted by atomic mass is 10.0. The summed E-state index contributed by atoms with van der Waals surface area (Å²) >= 11 is 0. The molecule has 0 radical (unpaired) electrons. The summed E-state index contributed by atoms with van der Waals surface area (Å²) in [5, 5.41) is 0. The van der Waals surface area contributed by atoms with E-state index < -0.39 is 17.0 Å². The number of nitrogens with zero attached hydrogens (tertiary/aromatic N) is 2. The highest BCUT2D eigenvalue weighted by Crippen LogP contribution is 2.15. The van der Waals surface area contributed by atoms with Gasteiger partial charge in [-0.25, -0.2) is 4.79 Å². The molecule has 1 aromatic heterocycles. The molecule has 0 amide bonds. The monoisotopic (exact) mass is 274 g/mol. The Morgan fingerprint density at radius 2 is 1.60 bits per heavy atom. The Kier molecular flexibility index (Phi) is 3.19. The van der Waals surface area contributed by atoms with E-state index in [1.807, 2.05) is 0 Å². The van der Waals surface area contributed by atoms with Gasteiger partial charge in [-0.2, -0.15) is 0 Å². The third-order valence-corrected chi connectivity index (χ3v) is 2.93. The summed E-state index contributed by atoms with van der Waals surface area (Å²) in [7, 11) is 2.78. The fourth-order valence-electron chi connectivity index (χ4n) is 1.93. The van der Waals surface area contributed by atoms with Crippen LogP contribution >= 0.6 is 0 Å². The van der Waals surface area contributed by atoms with Crippen LogP contribution in [0.5, 0.6) is 0 Å². The second kappa shape index (κ2) is 4.69. The Labute approximate surface area is 114 Å². The highest BCUT2D eigenvalue weighted by Gasteiger charge is 2.17. The summed E-state index contributed by atoms with van der Waals surface area (Å²) in [5.41, 5.74) is 10.9. The van der Waals surface area contributed by atoms with Crippen molar-refractivity contribution in [1.82, 2.24) is 9.13 Å². The third-order valence-electron chi connectivity index (χ3n) is 2.93. The van der Waals surface area contributed by atoms with Gasteiger partial charge in [0, 0.05) is 37.2 Å². The average molecular weight is 274 g/mol. The van der Waals surface area contributed by atoms with Crippen LogP contribution in [0.25, 0.3) is 0 Å². The van der Waals surface area contributed by atoms with E-state index in [0.717, 1.165) is 4.57 Å². The molecule has 0 atom stereocenters. The molecule has 0 aliphatic rings. The van der Waals surface area contributed by atoms with Crippen molar-refractivity contribution in [3.05, 3.63) is 56.4 Å². The Hall–Kier alpha value is -2.83. The second-order valence-corrected chi connectivity index (χ2v) is 4.52. The van der Waals surface area contributed by atoms with Crippen LogP contribution in [-0.2, 0) is 14.1 Å². The van der Waals surface area contributed by atoms with Gasteiger partial charge in [0.05, 0.1) is 0 Å². The molecule has 0 fully saturated rings. The van der Waals surface area contributed by atoms with Gasteiger partial charge in [-0.3, -0.25) is 14.2 Å². The van der Waals surface area contributed by atoms with Crippen molar-refractivity contribution >= 4 is 17.2 Å². The first-order chi connectivity index (χ1) is 9.31. The maximum atomic E-state index is 12.3. The van der Waals surface area contributed by atoms with Crippen molar-refractivity contribution in [1.29, 1.82) is 0 Å². The molecule has 7 nitrogen and oxygen atoms in total. The lowest BCUT2D eigenvalue weighted by Gasteiger charge is -2.07. The average Bonchev–Trinajstić information content (AvgIpc) is 2.38. The summed E-state index contributed by atoms with van der Waals surface area (Å²) in [5.74, 6) is -0.528. The lowest BCUT2D eigenvalue weighted by Crippen LogP contribution is -2.39. The van der Waals surface area contributed by atoms with Crippen molar-refractivity contribution in [3.8, 4) is 0 Å². The molecule has 104 valence electrons. The van der Waals surface area contributed by atoms with E-state index in [-0.39, 0.29) is 11.1 Å². The molecule has 0 spiro atoms. The predicted molar refractivity (Wildman–Crippen MR) is 75.6 cm³/mol. The van der Waals surface area contributed by atoms with Crippen molar-refractivity contribution in [2.45, 2.75) is 0 Å². The molecular formula is C13H14N4O3. The fourth-order valence-corrected chi connectivity index (χ4v) is 1.93. The zero-order chi connectivity index (χ0) is 15.0. The van der Waals surface area contributed by atoms with Crippen molar-refractivity contribution < 1.29 is 4.79 Å². The number of benzene rings is 1. The zero-order valence-corrected chi connectivity index (χ0v) is 11.1. The van der Waals surface area contributed by atoms with Crippen LogP contribution in [0, 0.1) is 0 Å². The molecule has 7 heteroatoms. The summed E-state index contributed by atoms with van der Waals surface area (Å²) in [4.78, 5) is 35.9. The SMILES string of the molecule is Cn1cc(C(=O)c2cc(N)cc(N)c2)c(=O)n(C)c1=O. The van der Waals surface area contributed by atoms with Crippen LogP contribution in [0.3, 0.4) is 0 Å². The predicted octanol–water partition coefficient (Wildman–Crippen LogP) is -0.521. The van der Waals surface area contributed by atoms with Crippen LogP contribution in [0.1, 0.15) is 15.9 Å². The molecule has 0 aliphatic carbocycles. The maximum Gasteiger partial charge on any atom is 0.330 e. The number of nitrogens with two attached hydrogens (primary N) is 2. The van der Waals surface area contributed by atoms with Crippen LogP contribution in [0.2, 0.25) is 0 Å². The first-order valence-corrected chi connectivity index (χ1v) is 5.78. The molecular weight excluding hydrogens is 260 g/mol. The van der Waals surface area contributed by atoms with Gasteiger partial charge in [0.1, 0.15) is 5.56 Å². The van der Waals surface area contributed by atoms with Gasteiger partial charge in [-0.05, 0) is 18.2 Å². The first-order valence-electron chi connectivity index (χ1n) is 5.78. The number of hydrogen-bond donors (Lipinski definition) is 2. The Balaban J connectivity index is 2.66. The van der Waals surface area contributed by atoms with E-state index >= 15 is 0 Å². The van der Waals surface area contributed by atoms with Crippen LogP contribution in [-0.4, -0.2) is 14.9 Å². The summed E-state index contributed by atoms with van der Waals surface area (Å²) < 4.78 is 2.05. The van der Waals surface area contributed by atoms with Gasteiger partial charge in [0.2, 0.25) is 0 Å². The largest absolute Gasteiger partial charge is 0.399 e. The van der Waals surface area contributed by atoms with E-state index in [4.69, 9.17) is 11.5 Å². The molecule has 2 aromatic rings. The number of ketones is 1. The maximum absolute atomic E-state index is 12.3. The van der Waals surface area contributed by atoms with E-state index in [1.54, 1.807) is 0 Å². The number of aryl methyl sites for hydroxylation is 1. The highest BCUT2D eigenvalue weighted by atomic mass is 16.2. The minimum atomic E-state index is -0.654. The van der Waals surface area contributed by atoms with E-state index in [2.05, 4.69) is 0 Å². The van der Waals surface area contributed by atoms with Gasteiger partial charge < -0.3 is 16.0 Å². The topological polar surface area (TPSA) is 113 Å². The molecule has 0 unspecified atom stereocenters. The number of carbonyl (C=O) groups excluding carboxylic acids is 1. The molecule has 0 saturated heterocycles. The quantitative estimate of drug-likeness (QED) is 0.565. The van der Waals surface area contributed by atoms with Gasteiger partial charge in [-0.15, -0.1) is 0 Å². The molecule has 1 aromatic carbocycles. The van der Waals surface area contributed by atoms with Gasteiger partial charge in [0.25, 0.3) is 5.56 Å². The van der Waals surface area contributed by atoms with Crippen molar-refractivity contribution in [3.63, 3.8) is 0 Å². The van der Waals surface area contributed by atoms with E-state index in [0.29, 0.717) is 11.4 Å². The van der Waals surface area contributed by atoms with E-state index in [1.165, 1.54) is 43.1 Å². The second-order valence-electron chi connectivity index (χ2n) is 4.52. The zero-order valence-electron chi connectivity index (χ0n) is 11.1. The fraction of sp³-hybridized carbons (Fsp3) is 0.154. The number of anilines is 2. The summed E-state index contributed by atoms with van der Waals surface area (Å²) in [6, 6.07) is 4.38. The standard InChI is InChI=1S/C13H14N4O3/c1-16-6-10(12(19)17(2)13(16)20)11(18)7-3-8(14)5-9(15)4-7/h3-6H,14-15H2,1-2H3. The highest BCUT2D eigenvalue weighted by molar-refractivity contribution is 6.09. The number of nitrogen functional groups attached to an aromatic ring is 2. The Morgan fingerprint density at radius 1 is 1.05 bits per heavy atom. The first kappa shape index (κ1) is 13.6. The molecule has 20 heavy (non-hydrogen) atoms. The van der Waals surface area contributed by atoms with Crippen LogP contribution in [0.4, 0.5) is 11.4 Å². The normalized spacial score (nSPS) is 10.5. The van der Waals surface area contributed by atoms with Crippen molar-refractivity contribution in [2.75, 3.05) is 11.5 Å². The molecule has 0 saturated carbocycles. The molecule has 4 N–H and O–H groups in total. The van der Waals surface area contributed by atoms with E-state index in [9.17, 15) is 14.4 Å². The number of rotatable bonds is 2. The van der Waals surface area contributed by atoms with Gasteiger partial charge in [0.15, 0.2) is 5.78 Å². The van der Waals surface area contributed by atoms with Gasteiger partial charge >= 0.3 is 5.69 Å². The van der Waals surface area contributed by atoms with Gasteiger partial charge in [-0.1, -0.05) is 0 Å². The lowest BCUT2D eigenvalue weighted by molar-refractivity contribution is 0.103. The molecule has 0 bridgehead atoms. The molecule has 0 aliphatic heterocycles. The van der Waals surface area contributed by atoms with Crippen molar-refractivity contribution in [2.24, 2.45) is 14.1 Å². The summed E-state index contributed by atoms with van der Waals surface area (Å²) in [6.07, 6.45) is 1.21. The minimum Gasteiger partial charge on any atom is -0.399 e.